The molecule has 1 aliphatic rings. The molecule has 1 aliphatic heterocycles. The Balaban J connectivity index is 1.63. The second-order valence-corrected chi connectivity index (χ2v) is 8.16. The van der Waals surface area contributed by atoms with Crippen molar-refractivity contribution in [2.75, 3.05) is 36.0 Å². The Bertz CT molecular complexity index is 802. The van der Waals surface area contributed by atoms with Crippen LogP contribution >= 0.6 is 0 Å². The first-order valence-corrected chi connectivity index (χ1v) is 9.45. The van der Waals surface area contributed by atoms with Gasteiger partial charge < -0.3 is 15.1 Å². The molecule has 144 valence electrons. The summed E-state index contributed by atoms with van der Waals surface area (Å²) in [5.74, 6) is 0.629. The monoisotopic (exact) mass is 367 g/mol. The Morgan fingerprint density at radius 2 is 1.67 bits per heavy atom. The second-order valence-electron chi connectivity index (χ2n) is 8.16. The first-order chi connectivity index (χ1) is 12.7. The third-order valence-electron chi connectivity index (χ3n) is 4.88. The van der Waals surface area contributed by atoms with Gasteiger partial charge in [-0.15, -0.1) is 0 Å². The molecule has 1 N–H and O–H groups in total. The molecule has 1 aromatic heterocycles. The number of aromatic nitrogens is 2. The minimum Gasteiger partial charge on any atom is -0.368 e. The van der Waals surface area contributed by atoms with E-state index in [1.165, 1.54) is 16.8 Å². The summed E-state index contributed by atoms with van der Waals surface area (Å²) < 4.78 is 0. The van der Waals surface area contributed by atoms with Gasteiger partial charge in [-0.3, -0.25) is 4.79 Å². The third kappa shape index (κ3) is 4.56. The summed E-state index contributed by atoms with van der Waals surface area (Å²) in [4.78, 5) is 25.6. The normalized spacial score (nSPS) is 15.0. The van der Waals surface area contributed by atoms with E-state index >= 15 is 0 Å². The number of carbonyl (C=O) groups is 1. The van der Waals surface area contributed by atoms with Crippen LogP contribution in [0.25, 0.3) is 0 Å². The molecule has 1 amide bonds. The number of hydrogen-bond donors (Lipinski definition) is 1. The molecule has 0 radical (unpaired) electrons. The van der Waals surface area contributed by atoms with Crippen LogP contribution in [-0.4, -0.2) is 47.6 Å². The highest BCUT2D eigenvalue weighted by Gasteiger charge is 2.21. The van der Waals surface area contributed by atoms with Crippen molar-refractivity contribution in [3.63, 3.8) is 0 Å². The van der Waals surface area contributed by atoms with Crippen molar-refractivity contribution in [2.24, 2.45) is 0 Å². The fourth-order valence-corrected chi connectivity index (χ4v) is 3.26. The van der Waals surface area contributed by atoms with E-state index in [-0.39, 0.29) is 11.4 Å². The van der Waals surface area contributed by atoms with Crippen molar-refractivity contribution in [2.45, 2.75) is 40.2 Å². The lowest BCUT2D eigenvalue weighted by Crippen LogP contribution is -2.47. The molecule has 1 saturated heterocycles. The lowest BCUT2D eigenvalue weighted by atomic mass is 10.1. The molecular formula is C21H29N5O. The van der Waals surface area contributed by atoms with Gasteiger partial charge in [-0.1, -0.05) is 12.1 Å². The Hall–Kier alpha value is -2.63. The number of anilines is 2. The van der Waals surface area contributed by atoms with Gasteiger partial charge >= 0.3 is 0 Å². The second kappa shape index (κ2) is 7.55. The van der Waals surface area contributed by atoms with Crippen molar-refractivity contribution in [1.29, 1.82) is 0 Å². The maximum atomic E-state index is 12.2. The van der Waals surface area contributed by atoms with Crippen molar-refractivity contribution < 1.29 is 4.79 Å². The molecule has 27 heavy (non-hydrogen) atoms. The van der Waals surface area contributed by atoms with Gasteiger partial charge in [0.15, 0.2) is 0 Å². The number of amides is 1. The fourth-order valence-electron chi connectivity index (χ4n) is 3.26. The maximum absolute atomic E-state index is 12.2. The molecule has 3 rings (SSSR count). The van der Waals surface area contributed by atoms with Crippen LogP contribution in [0, 0.1) is 13.8 Å². The largest absolute Gasteiger partial charge is 0.368 e. The molecule has 0 unspecified atom stereocenters. The molecule has 6 nitrogen and oxygen atoms in total. The zero-order valence-corrected chi connectivity index (χ0v) is 16.9. The maximum Gasteiger partial charge on any atom is 0.271 e. The number of rotatable bonds is 3. The Morgan fingerprint density at radius 1 is 1.00 bits per heavy atom. The zero-order valence-electron chi connectivity index (χ0n) is 16.9. The van der Waals surface area contributed by atoms with Gasteiger partial charge in [0.05, 0.1) is 12.4 Å². The van der Waals surface area contributed by atoms with Gasteiger partial charge in [0, 0.05) is 37.4 Å². The van der Waals surface area contributed by atoms with Gasteiger partial charge in [0.1, 0.15) is 11.5 Å². The molecule has 0 atom stereocenters. The molecular weight excluding hydrogens is 338 g/mol. The molecule has 1 fully saturated rings. The van der Waals surface area contributed by atoms with E-state index < -0.39 is 0 Å². The predicted octanol–water partition coefficient (Wildman–Crippen LogP) is 2.95. The number of carbonyl (C=O) groups excluding carboxylic acids is 1. The predicted molar refractivity (Wildman–Crippen MR) is 110 cm³/mol. The van der Waals surface area contributed by atoms with Crippen LogP contribution in [-0.2, 0) is 0 Å². The fraction of sp³-hybridized carbons (Fsp3) is 0.476. The highest BCUT2D eigenvalue weighted by atomic mass is 16.2. The Morgan fingerprint density at radius 3 is 2.26 bits per heavy atom. The summed E-state index contributed by atoms with van der Waals surface area (Å²) in [6.45, 7) is 13.8. The summed E-state index contributed by atoms with van der Waals surface area (Å²) in [5, 5.41) is 2.91. The van der Waals surface area contributed by atoms with Crippen molar-refractivity contribution >= 4 is 17.4 Å². The first-order valence-electron chi connectivity index (χ1n) is 9.45. The number of hydrogen-bond acceptors (Lipinski definition) is 5. The van der Waals surface area contributed by atoms with E-state index in [0.717, 1.165) is 32.0 Å². The Labute approximate surface area is 161 Å². The summed E-state index contributed by atoms with van der Waals surface area (Å²) in [5.41, 5.74) is 4.05. The summed E-state index contributed by atoms with van der Waals surface area (Å²) in [7, 11) is 0. The molecule has 0 spiro atoms. The van der Waals surface area contributed by atoms with E-state index in [1.54, 1.807) is 12.4 Å². The van der Waals surface area contributed by atoms with Crippen LogP contribution in [0.1, 0.15) is 42.4 Å². The average molecular weight is 367 g/mol. The number of benzene rings is 1. The van der Waals surface area contributed by atoms with E-state index in [2.05, 4.69) is 57.1 Å². The van der Waals surface area contributed by atoms with Crippen LogP contribution in [0.5, 0.6) is 0 Å². The lowest BCUT2D eigenvalue weighted by Gasteiger charge is -2.37. The van der Waals surface area contributed by atoms with Crippen LogP contribution < -0.4 is 15.1 Å². The minimum absolute atomic E-state index is 0.193. The zero-order chi connectivity index (χ0) is 19.6. The van der Waals surface area contributed by atoms with Crippen LogP contribution in [0.4, 0.5) is 11.5 Å². The minimum atomic E-state index is -0.290. The molecule has 6 heteroatoms. The van der Waals surface area contributed by atoms with Crippen molar-refractivity contribution in [3.05, 3.63) is 47.4 Å². The van der Waals surface area contributed by atoms with E-state index in [4.69, 9.17) is 0 Å². The van der Waals surface area contributed by atoms with E-state index in [1.807, 2.05) is 20.8 Å². The topological polar surface area (TPSA) is 61.4 Å². The van der Waals surface area contributed by atoms with Crippen molar-refractivity contribution in [3.8, 4) is 0 Å². The molecule has 0 bridgehead atoms. The number of nitrogens with one attached hydrogen (secondary N) is 1. The standard InChI is InChI=1S/C21H29N5O/c1-15-7-6-8-18(16(15)2)25-9-11-26(12-10-25)19-14-22-17(13-23-19)20(27)24-21(3,4)5/h6-8,13-14H,9-12H2,1-5H3,(H,24,27). The Kier molecular flexibility index (Phi) is 5.35. The third-order valence-corrected chi connectivity index (χ3v) is 4.88. The smallest absolute Gasteiger partial charge is 0.271 e. The molecule has 0 saturated carbocycles. The number of aryl methyl sites for hydroxylation is 1. The van der Waals surface area contributed by atoms with Gasteiger partial charge in [-0.25, -0.2) is 9.97 Å². The lowest BCUT2D eigenvalue weighted by molar-refractivity contribution is 0.0914. The molecule has 0 aliphatic carbocycles. The SMILES string of the molecule is Cc1cccc(N2CCN(c3cnc(C(=O)NC(C)(C)C)cn3)CC2)c1C. The van der Waals surface area contributed by atoms with Gasteiger partial charge in [0.25, 0.3) is 5.91 Å². The average Bonchev–Trinajstić information content (AvgIpc) is 2.63. The van der Waals surface area contributed by atoms with Crippen LogP contribution in [0.2, 0.25) is 0 Å². The molecule has 2 aromatic rings. The molecule has 1 aromatic carbocycles. The van der Waals surface area contributed by atoms with E-state index in [0.29, 0.717) is 5.69 Å². The van der Waals surface area contributed by atoms with Crippen LogP contribution in [0.3, 0.4) is 0 Å². The van der Waals surface area contributed by atoms with Gasteiger partial charge in [-0.2, -0.15) is 0 Å². The summed E-state index contributed by atoms with van der Waals surface area (Å²) in [6, 6.07) is 6.47. The first kappa shape index (κ1) is 19.1. The number of nitrogens with zero attached hydrogens (tertiary/aromatic N) is 4. The number of piperazine rings is 1. The quantitative estimate of drug-likeness (QED) is 0.904. The highest BCUT2D eigenvalue weighted by Crippen LogP contribution is 2.24. The van der Waals surface area contributed by atoms with E-state index in [9.17, 15) is 4.79 Å². The van der Waals surface area contributed by atoms with Crippen LogP contribution in [0.15, 0.2) is 30.6 Å². The summed E-state index contributed by atoms with van der Waals surface area (Å²) in [6.07, 6.45) is 3.26. The highest BCUT2D eigenvalue weighted by molar-refractivity contribution is 5.92. The van der Waals surface area contributed by atoms with Crippen molar-refractivity contribution in [1.82, 2.24) is 15.3 Å². The van der Waals surface area contributed by atoms with Gasteiger partial charge in [0.2, 0.25) is 0 Å². The van der Waals surface area contributed by atoms with Gasteiger partial charge in [-0.05, 0) is 51.8 Å². The summed E-state index contributed by atoms with van der Waals surface area (Å²) >= 11 is 0. The molecule has 2 heterocycles.